The lowest BCUT2D eigenvalue weighted by molar-refractivity contribution is -0.123. The Morgan fingerprint density at radius 3 is 2.84 bits per heavy atom. The van der Waals surface area contributed by atoms with Crippen molar-refractivity contribution >= 4 is 11.7 Å². The molecular formula is C19H22FN3O2. The number of benzene rings is 1. The molecule has 0 bridgehead atoms. The summed E-state index contributed by atoms with van der Waals surface area (Å²) < 4.78 is 13.2. The highest BCUT2D eigenvalue weighted by Crippen LogP contribution is 2.19. The molecule has 0 saturated carbocycles. The maximum Gasteiger partial charge on any atom is 0.223 e. The van der Waals surface area contributed by atoms with Gasteiger partial charge >= 0.3 is 0 Å². The third kappa shape index (κ3) is 4.76. The molecule has 0 radical (unpaired) electrons. The van der Waals surface area contributed by atoms with E-state index in [-0.39, 0.29) is 12.3 Å². The SMILES string of the molecule is O=C(CC(O)c1cccc(F)c1)NCc1ccnc(N2CCCC2)c1. The molecule has 5 nitrogen and oxygen atoms in total. The molecule has 1 saturated heterocycles. The summed E-state index contributed by atoms with van der Waals surface area (Å²) in [6.07, 6.45) is 2.99. The van der Waals surface area contributed by atoms with Gasteiger partial charge in [-0.3, -0.25) is 4.79 Å². The Balaban J connectivity index is 1.52. The van der Waals surface area contributed by atoms with E-state index in [4.69, 9.17) is 0 Å². The third-order valence-corrected chi connectivity index (χ3v) is 4.34. The molecule has 1 unspecified atom stereocenters. The molecule has 1 amide bonds. The van der Waals surface area contributed by atoms with Crippen LogP contribution in [0.5, 0.6) is 0 Å². The predicted molar refractivity (Wildman–Crippen MR) is 93.5 cm³/mol. The Hall–Kier alpha value is -2.47. The Labute approximate surface area is 146 Å². The van der Waals surface area contributed by atoms with Crippen LogP contribution in [0, 0.1) is 5.82 Å². The van der Waals surface area contributed by atoms with Gasteiger partial charge in [0, 0.05) is 25.8 Å². The molecule has 1 aliphatic heterocycles. The average molecular weight is 343 g/mol. The molecule has 132 valence electrons. The number of hydrogen-bond donors (Lipinski definition) is 2. The van der Waals surface area contributed by atoms with Crippen LogP contribution in [-0.4, -0.2) is 29.1 Å². The van der Waals surface area contributed by atoms with Crippen LogP contribution in [0.25, 0.3) is 0 Å². The number of nitrogens with one attached hydrogen (secondary N) is 1. The van der Waals surface area contributed by atoms with E-state index in [0.717, 1.165) is 24.5 Å². The number of aromatic nitrogens is 1. The molecular weight excluding hydrogens is 321 g/mol. The van der Waals surface area contributed by atoms with Crippen LogP contribution in [0.3, 0.4) is 0 Å². The van der Waals surface area contributed by atoms with Crippen molar-refractivity contribution in [2.24, 2.45) is 0 Å². The zero-order chi connectivity index (χ0) is 17.6. The minimum Gasteiger partial charge on any atom is -0.388 e. The lowest BCUT2D eigenvalue weighted by atomic mass is 10.1. The van der Waals surface area contributed by atoms with Gasteiger partial charge < -0.3 is 15.3 Å². The van der Waals surface area contributed by atoms with Crippen LogP contribution in [0.4, 0.5) is 10.2 Å². The monoisotopic (exact) mass is 343 g/mol. The van der Waals surface area contributed by atoms with Gasteiger partial charge in [0.05, 0.1) is 12.5 Å². The van der Waals surface area contributed by atoms with E-state index in [1.54, 1.807) is 12.3 Å². The molecule has 2 heterocycles. The zero-order valence-corrected chi connectivity index (χ0v) is 14.0. The van der Waals surface area contributed by atoms with Crippen LogP contribution >= 0.6 is 0 Å². The highest BCUT2D eigenvalue weighted by atomic mass is 19.1. The van der Waals surface area contributed by atoms with E-state index >= 15 is 0 Å². The summed E-state index contributed by atoms with van der Waals surface area (Å²) in [5.41, 5.74) is 1.36. The second kappa shape index (κ2) is 8.07. The number of halogens is 1. The first-order chi connectivity index (χ1) is 12.1. The van der Waals surface area contributed by atoms with Gasteiger partial charge in [0.1, 0.15) is 11.6 Å². The summed E-state index contributed by atoms with van der Waals surface area (Å²) in [6, 6.07) is 9.51. The maximum absolute atomic E-state index is 13.2. The molecule has 1 atom stereocenters. The van der Waals surface area contributed by atoms with E-state index < -0.39 is 11.9 Å². The van der Waals surface area contributed by atoms with Gasteiger partial charge in [-0.15, -0.1) is 0 Å². The van der Waals surface area contributed by atoms with Crippen molar-refractivity contribution in [3.8, 4) is 0 Å². The van der Waals surface area contributed by atoms with Crippen molar-refractivity contribution in [2.45, 2.75) is 31.9 Å². The van der Waals surface area contributed by atoms with Gasteiger partial charge in [-0.2, -0.15) is 0 Å². The maximum atomic E-state index is 13.2. The number of pyridine rings is 1. The summed E-state index contributed by atoms with van der Waals surface area (Å²) in [4.78, 5) is 18.7. The van der Waals surface area contributed by atoms with Gasteiger partial charge in [-0.1, -0.05) is 12.1 Å². The van der Waals surface area contributed by atoms with Crippen LogP contribution in [0.2, 0.25) is 0 Å². The molecule has 6 heteroatoms. The highest BCUT2D eigenvalue weighted by Gasteiger charge is 2.15. The number of aliphatic hydroxyl groups excluding tert-OH is 1. The third-order valence-electron chi connectivity index (χ3n) is 4.34. The van der Waals surface area contributed by atoms with Gasteiger partial charge in [-0.25, -0.2) is 9.37 Å². The molecule has 3 rings (SSSR count). The van der Waals surface area contributed by atoms with Crippen LogP contribution < -0.4 is 10.2 Å². The van der Waals surface area contributed by atoms with Crippen LogP contribution in [0.15, 0.2) is 42.6 Å². The zero-order valence-electron chi connectivity index (χ0n) is 14.0. The van der Waals surface area contributed by atoms with Crippen molar-refractivity contribution in [1.29, 1.82) is 0 Å². The number of aliphatic hydroxyl groups is 1. The summed E-state index contributed by atoms with van der Waals surface area (Å²) in [6.45, 7) is 2.41. The quantitative estimate of drug-likeness (QED) is 0.846. The van der Waals surface area contributed by atoms with Gasteiger partial charge in [-0.05, 0) is 48.2 Å². The smallest absolute Gasteiger partial charge is 0.223 e. The van der Waals surface area contributed by atoms with E-state index in [0.29, 0.717) is 12.1 Å². The van der Waals surface area contributed by atoms with Crippen molar-refractivity contribution in [1.82, 2.24) is 10.3 Å². The molecule has 1 fully saturated rings. The largest absolute Gasteiger partial charge is 0.388 e. The fraction of sp³-hybridized carbons (Fsp3) is 0.368. The van der Waals surface area contributed by atoms with E-state index in [1.807, 2.05) is 12.1 Å². The van der Waals surface area contributed by atoms with E-state index in [9.17, 15) is 14.3 Å². The molecule has 2 N–H and O–H groups in total. The molecule has 0 aliphatic carbocycles. The normalized spacial score (nSPS) is 15.2. The first-order valence-corrected chi connectivity index (χ1v) is 8.52. The van der Waals surface area contributed by atoms with Crippen molar-refractivity contribution in [2.75, 3.05) is 18.0 Å². The Morgan fingerprint density at radius 1 is 1.28 bits per heavy atom. The Bertz CT molecular complexity index is 732. The van der Waals surface area contributed by atoms with Gasteiger partial charge in [0.15, 0.2) is 0 Å². The van der Waals surface area contributed by atoms with Crippen LogP contribution in [0.1, 0.15) is 36.5 Å². The van der Waals surface area contributed by atoms with E-state index in [1.165, 1.54) is 31.0 Å². The first kappa shape index (κ1) is 17.4. The number of amides is 1. The summed E-state index contributed by atoms with van der Waals surface area (Å²) >= 11 is 0. The molecule has 1 aliphatic rings. The second-order valence-electron chi connectivity index (χ2n) is 6.27. The van der Waals surface area contributed by atoms with E-state index in [2.05, 4.69) is 15.2 Å². The summed E-state index contributed by atoms with van der Waals surface area (Å²) in [5, 5.41) is 12.8. The topological polar surface area (TPSA) is 65.5 Å². The predicted octanol–water partition coefficient (Wildman–Crippen LogP) is 2.56. The minimum absolute atomic E-state index is 0.104. The number of carbonyl (C=O) groups is 1. The fourth-order valence-corrected chi connectivity index (χ4v) is 2.97. The first-order valence-electron chi connectivity index (χ1n) is 8.52. The lowest BCUT2D eigenvalue weighted by Crippen LogP contribution is -2.25. The number of hydrogen-bond acceptors (Lipinski definition) is 4. The lowest BCUT2D eigenvalue weighted by Gasteiger charge is -2.17. The molecule has 1 aromatic carbocycles. The van der Waals surface area contributed by atoms with Gasteiger partial charge in [0.25, 0.3) is 0 Å². The molecule has 25 heavy (non-hydrogen) atoms. The highest BCUT2D eigenvalue weighted by molar-refractivity contribution is 5.76. The number of anilines is 1. The van der Waals surface area contributed by atoms with Crippen LogP contribution in [-0.2, 0) is 11.3 Å². The summed E-state index contributed by atoms with van der Waals surface area (Å²) in [7, 11) is 0. The minimum atomic E-state index is -1.02. The Kier molecular flexibility index (Phi) is 5.60. The number of nitrogens with zero attached hydrogens (tertiary/aromatic N) is 2. The average Bonchev–Trinajstić information content (AvgIpc) is 3.15. The number of carbonyl (C=O) groups excluding carboxylic acids is 1. The summed E-state index contributed by atoms with van der Waals surface area (Å²) in [5.74, 6) is 0.225. The van der Waals surface area contributed by atoms with Crippen molar-refractivity contribution < 1.29 is 14.3 Å². The standard InChI is InChI=1S/C19H22FN3O2/c20-16-5-3-4-15(11-16)17(24)12-19(25)22-13-14-6-7-21-18(10-14)23-8-1-2-9-23/h3-7,10-11,17,24H,1-2,8-9,12-13H2,(H,22,25). The Morgan fingerprint density at radius 2 is 2.08 bits per heavy atom. The van der Waals surface area contributed by atoms with Crippen molar-refractivity contribution in [3.63, 3.8) is 0 Å². The molecule has 2 aromatic rings. The molecule has 0 spiro atoms. The number of rotatable bonds is 6. The molecule has 1 aromatic heterocycles. The second-order valence-corrected chi connectivity index (χ2v) is 6.27. The fourth-order valence-electron chi connectivity index (χ4n) is 2.97. The van der Waals surface area contributed by atoms with Crippen molar-refractivity contribution in [3.05, 3.63) is 59.5 Å². The van der Waals surface area contributed by atoms with Gasteiger partial charge in [0.2, 0.25) is 5.91 Å².